The number of aryl methyl sites for hydroxylation is 2. The lowest BCUT2D eigenvalue weighted by Gasteiger charge is -2.36. The zero-order valence-corrected chi connectivity index (χ0v) is 13.4. The largest absolute Gasteiger partial charge is 0.396 e. The molecule has 1 heterocycles. The molecule has 4 heteroatoms. The van der Waals surface area contributed by atoms with Gasteiger partial charge in [-0.3, -0.25) is 4.68 Å². The average molecular weight is 327 g/mol. The van der Waals surface area contributed by atoms with Crippen LogP contribution in [-0.2, 0) is 13.0 Å². The molecule has 1 aromatic rings. The maximum atomic E-state index is 10.0. The first-order valence-corrected chi connectivity index (χ1v) is 8.21. The Kier molecular flexibility index (Phi) is 3.50. The average Bonchev–Trinajstić information content (AvgIpc) is 3.08. The molecule has 3 atom stereocenters. The minimum atomic E-state index is 0.116. The molecule has 19 heavy (non-hydrogen) atoms. The molecule has 2 bridgehead atoms. The van der Waals surface area contributed by atoms with Crippen LogP contribution in [0.1, 0.15) is 44.0 Å². The number of aliphatic hydroxyl groups is 1. The molecule has 3 nitrogen and oxygen atoms in total. The third-order valence-electron chi connectivity index (χ3n) is 5.39. The first-order chi connectivity index (χ1) is 9.09. The van der Waals surface area contributed by atoms with Crippen LogP contribution in [0.3, 0.4) is 0 Å². The van der Waals surface area contributed by atoms with Gasteiger partial charge in [-0.1, -0.05) is 6.42 Å². The molecule has 2 aliphatic rings. The Balaban J connectivity index is 1.92. The molecule has 0 spiro atoms. The first kappa shape index (κ1) is 13.6. The van der Waals surface area contributed by atoms with Gasteiger partial charge in [-0.15, -0.1) is 0 Å². The molecule has 0 aliphatic heterocycles. The Morgan fingerprint density at radius 2 is 2.26 bits per heavy atom. The zero-order chi connectivity index (χ0) is 13.6. The predicted molar refractivity (Wildman–Crippen MR) is 79.0 cm³/mol. The zero-order valence-electron chi connectivity index (χ0n) is 11.8. The van der Waals surface area contributed by atoms with Crippen molar-refractivity contribution in [3.05, 3.63) is 15.9 Å². The van der Waals surface area contributed by atoms with Crippen molar-refractivity contribution in [2.75, 3.05) is 6.61 Å². The topological polar surface area (TPSA) is 38.0 Å². The van der Waals surface area contributed by atoms with Crippen molar-refractivity contribution < 1.29 is 5.11 Å². The summed E-state index contributed by atoms with van der Waals surface area (Å²) < 4.78 is 3.24. The van der Waals surface area contributed by atoms with E-state index in [0.29, 0.717) is 6.61 Å². The summed E-state index contributed by atoms with van der Waals surface area (Å²) in [5.41, 5.74) is 2.46. The van der Waals surface area contributed by atoms with Crippen LogP contribution in [0.4, 0.5) is 0 Å². The second-order valence-corrected chi connectivity index (χ2v) is 7.23. The lowest BCUT2D eigenvalue weighted by Crippen LogP contribution is -2.35. The van der Waals surface area contributed by atoms with E-state index >= 15 is 0 Å². The quantitative estimate of drug-likeness (QED) is 0.921. The highest BCUT2D eigenvalue weighted by Crippen LogP contribution is 2.57. The van der Waals surface area contributed by atoms with Gasteiger partial charge in [-0.05, 0) is 67.3 Å². The van der Waals surface area contributed by atoms with Crippen molar-refractivity contribution in [3.63, 3.8) is 0 Å². The number of aromatic nitrogens is 2. The molecular formula is C15H23BrN2O. The summed E-state index contributed by atoms with van der Waals surface area (Å²) >= 11 is 3.69. The van der Waals surface area contributed by atoms with Gasteiger partial charge in [0.05, 0.1) is 15.9 Å². The monoisotopic (exact) mass is 326 g/mol. The van der Waals surface area contributed by atoms with Crippen molar-refractivity contribution in [3.8, 4) is 0 Å². The van der Waals surface area contributed by atoms with Crippen LogP contribution in [0.15, 0.2) is 4.47 Å². The third-order valence-corrected chi connectivity index (χ3v) is 6.42. The summed E-state index contributed by atoms with van der Waals surface area (Å²) in [5.74, 6) is 1.57. The van der Waals surface area contributed by atoms with Crippen molar-refractivity contribution in [2.24, 2.45) is 17.3 Å². The van der Waals surface area contributed by atoms with E-state index in [-0.39, 0.29) is 5.41 Å². The molecule has 0 amide bonds. The molecular weight excluding hydrogens is 304 g/mol. The van der Waals surface area contributed by atoms with Gasteiger partial charge in [0.2, 0.25) is 0 Å². The highest BCUT2D eigenvalue weighted by Gasteiger charge is 2.51. The smallest absolute Gasteiger partial charge is 0.0738 e. The van der Waals surface area contributed by atoms with Gasteiger partial charge in [0, 0.05) is 18.6 Å². The maximum absolute atomic E-state index is 10.0. The highest BCUT2D eigenvalue weighted by molar-refractivity contribution is 9.10. The summed E-state index contributed by atoms with van der Waals surface area (Å²) in [5, 5.41) is 14.6. The Morgan fingerprint density at radius 1 is 1.47 bits per heavy atom. The molecule has 0 radical (unpaired) electrons. The number of fused-ring (bicyclic) bond motifs is 2. The fraction of sp³-hybridized carbons (Fsp3) is 0.800. The van der Waals surface area contributed by atoms with E-state index in [1.807, 2.05) is 6.92 Å². The van der Waals surface area contributed by atoms with Crippen LogP contribution in [0.25, 0.3) is 0 Å². The SMILES string of the molecule is CCn1nc(C)c(Br)c1CC1(CO)CC2CCC1C2. The number of nitrogens with zero attached hydrogens (tertiary/aromatic N) is 2. The van der Waals surface area contributed by atoms with Gasteiger partial charge >= 0.3 is 0 Å². The molecule has 2 saturated carbocycles. The van der Waals surface area contributed by atoms with E-state index < -0.39 is 0 Å². The lowest BCUT2D eigenvalue weighted by molar-refractivity contribution is 0.0630. The molecule has 2 aliphatic carbocycles. The Morgan fingerprint density at radius 3 is 2.79 bits per heavy atom. The summed E-state index contributed by atoms with van der Waals surface area (Å²) in [6.45, 7) is 5.41. The van der Waals surface area contributed by atoms with E-state index in [1.165, 1.54) is 31.4 Å². The Labute approximate surface area is 123 Å². The number of hydrogen-bond donors (Lipinski definition) is 1. The number of aliphatic hydroxyl groups excluding tert-OH is 1. The summed E-state index contributed by atoms with van der Waals surface area (Å²) in [6.07, 6.45) is 6.19. The van der Waals surface area contributed by atoms with E-state index in [1.54, 1.807) is 0 Å². The number of hydrogen-bond acceptors (Lipinski definition) is 2. The summed E-state index contributed by atoms with van der Waals surface area (Å²) in [6, 6.07) is 0. The van der Waals surface area contributed by atoms with Gasteiger partial charge in [-0.2, -0.15) is 5.10 Å². The maximum Gasteiger partial charge on any atom is 0.0738 e. The van der Waals surface area contributed by atoms with Gasteiger partial charge in [0.15, 0.2) is 0 Å². The van der Waals surface area contributed by atoms with Crippen LogP contribution in [0.2, 0.25) is 0 Å². The molecule has 106 valence electrons. The van der Waals surface area contributed by atoms with E-state index in [2.05, 4.69) is 32.6 Å². The van der Waals surface area contributed by atoms with Crippen molar-refractivity contribution in [1.82, 2.24) is 9.78 Å². The third kappa shape index (κ3) is 2.07. The Hall–Kier alpha value is -0.350. The lowest BCUT2D eigenvalue weighted by atomic mass is 9.70. The van der Waals surface area contributed by atoms with Crippen molar-refractivity contribution in [1.29, 1.82) is 0 Å². The predicted octanol–water partition coefficient (Wildman–Crippen LogP) is 3.32. The molecule has 3 unspecified atom stereocenters. The van der Waals surface area contributed by atoms with Crippen LogP contribution < -0.4 is 0 Å². The van der Waals surface area contributed by atoms with Gasteiger partial charge in [0.25, 0.3) is 0 Å². The second-order valence-electron chi connectivity index (χ2n) is 6.44. The Bertz CT molecular complexity index is 485. The summed E-state index contributed by atoms with van der Waals surface area (Å²) in [7, 11) is 0. The molecule has 2 fully saturated rings. The normalized spacial score (nSPS) is 33.3. The number of rotatable bonds is 4. The van der Waals surface area contributed by atoms with E-state index in [9.17, 15) is 5.11 Å². The van der Waals surface area contributed by atoms with Crippen LogP contribution in [-0.4, -0.2) is 21.5 Å². The molecule has 0 saturated heterocycles. The minimum absolute atomic E-state index is 0.116. The highest BCUT2D eigenvalue weighted by atomic mass is 79.9. The minimum Gasteiger partial charge on any atom is -0.396 e. The van der Waals surface area contributed by atoms with Crippen molar-refractivity contribution in [2.45, 2.75) is 52.5 Å². The molecule has 3 rings (SSSR count). The first-order valence-electron chi connectivity index (χ1n) is 7.42. The summed E-state index contributed by atoms with van der Waals surface area (Å²) in [4.78, 5) is 0. The fourth-order valence-corrected chi connectivity index (χ4v) is 4.82. The van der Waals surface area contributed by atoms with Crippen LogP contribution >= 0.6 is 15.9 Å². The fourth-order valence-electron chi connectivity index (χ4n) is 4.40. The van der Waals surface area contributed by atoms with Gasteiger partial charge < -0.3 is 5.11 Å². The van der Waals surface area contributed by atoms with Crippen LogP contribution in [0.5, 0.6) is 0 Å². The molecule has 1 N–H and O–H groups in total. The van der Waals surface area contributed by atoms with E-state index in [0.717, 1.165) is 35.0 Å². The number of halogens is 1. The van der Waals surface area contributed by atoms with Gasteiger partial charge in [-0.25, -0.2) is 0 Å². The second kappa shape index (κ2) is 4.88. The van der Waals surface area contributed by atoms with E-state index in [4.69, 9.17) is 0 Å². The van der Waals surface area contributed by atoms with Gasteiger partial charge in [0.1, 0.15) is 0 Å². The molecule has 1 aromatic heterocycles. The standard InChI is InChI=1S/C15H23BrN2O/c1-3-18-13(14(16)10(2)17-18)8-15(9-19)7-11-4-5-12(15)6-11/h11-12,19H,3-9H2,1-2H3. The molecule has 0 aromatic carbocycles. The van der Waals surface area contributed by atoms with Crippen molar-refractivity contribution >= 4 is 15.9 Å². The van der Waals surface area contributed by atoms with Crippen LogP contribution in [0, 0.1) is 24.2 Å².